The fourth-order valence-corrected chi connectivity index (χ4v) is 8.98. The number of hydrogen-bond donors (Lipinski definition) is 0. The third-order valence-corrected chi connectivity index (χ3v) is 12.3. The summed E-state index contributed by atoms with van der Waals surface area (Å²) < 4.78 is 0. The molecule has 0 unspecified atom stereocenters. The van der Waals surface area contributed by atoms with Crippen LogP contribution in [0.2, 0.25) is 0 Å². The molecule has 0 saturated heterocycles. The maximum Gasteiger partial charge on any atom is 0.160 e. The lowest BCUT2D eigenvalue weighted by Gasteiger charge is -2.21. The highest BCUT2D eigenvalue weighted by Crippen LogP contribution is 2.51. The predicted octanol–water partition coefficient (Wildman–Crippen LogP) is 14.9. The molecule has 4 heteroatoms. The summed E-state index contributed by atoms with van der Waals surface area (Å²) in [7, 11) is 0. The van der Waals surface area contributed by atoms with Crippen LogP contribution in [0.25, 0.3) is 101 Å². The zero-order valence-corrected chi connectivity index (χ0v) is 35.1. The number of aromatic nitrogens is 4. The lowest BCUT2D eigenvalue weighted by Crippen LogP contribution is -2.14. The maximum absolute atomic E-state index is 5.12. The van der Waals surface area contributed by atoms with Crippen LogP contribution in [-0.2, 0) is 5.41 Å². The van der Waals surface area contributed by atoms with Gasteiger partial charge in [-0.1, -0.05) is 196 Å². The molecule has 1 aliphatic carbocycles. The highest BCUT2D eigenvalue weighted by atomic mass is 14.9. The highest BCUT2D eigenvalue weighted by Gasteiger charge is 2.35. The predicted molar refractivity (Wildman–Crippen MR) is 259 cm³/mol. The first-order valence-electron chi connectivity index (χ1n) is 21.5. The summed E-state index contributed by atoms with van der Waals surface area (Å²) in [6.45, 7) is 4.67. The van der Waals surface area contributed by atoms with Crippen molar-refractivity contribution in [3.05, 3.63) is 230 Å². The molecule has 0 N–H and O–H groups in total. The maximum atomic E-state index is 5.12. The van der Waals surface area contributed by atoms with Crippen LogP contribution < -0.4 is 0 Å². The van der Waals surface area contributed by atoms with Gasteiger partial charge in [-0.25, -0.2) is 19.9 Å². The van der Waals surface area contributed by atoms with E-state index in [1.807, 2.05) is 24.3 Å². The molecule has 0 spiro atoms. The van der Waals surface area contributed by atoms with Crippen molar-refractivity contribution in [3.8, 4) is 101 Å². The Bertz CT molecular complexity index is 2950. The summed E-state index contributed by atoms with van der Waals surface area (Å²) in [6, 6.07) is 76.7. The minimum atomic E-state index is -0.148. The van der Waals surface area contributed by atoms with Crippen molar-refractivity contribution < 1.29 is 0 Å². The van der Waals surface area contributed by atoms with Crippen LogP contribution in [0.15, 0.2) is 218 Å². The van der Waals surface area contributed by atoms with Crippen molar-refractivity contribution in [3.63, 3.8) is 0 Å². The summed E-state index contributed by atoms with van der Waals surface area (Å²) >= 11 is 0. The molecule has 0 fully saturated rings. The Labute approximate surface area is 368 Å². The first kappa shape index (κ1) is 37.9. The van der Waals surface area contributed by atoms with Gasteiger partial charge in [0.05, 0.1) is 22.8 Å². The van der Waals surface area contributed by atoms with Crippen LogP contribution in [0.5, 0.6) is 0 Å². The van der Waals surface area contributed by atoms with Gasteiger partial charge in [-0.3, -0.25) is 0 Å². The number of nitrogens with zero attached hydrogens (tertiary/aromatic N) is 4. The van der Waals surface area contributed by atoms with E-state index in [0.717, 1.165) is 78.4 Å². The highest BCUT2D eigenvalue weighted by molar-refractivity contribution is 5.88. The van der Waals surface area contributed by atoms with Crippen LogP contribution in [0, 0.1) is 0 Å². The largest absolute Gasteiger partial charge is 0.228 e. The topological polar surface area (TPSA) is 51.6 Å². The third-order valence-electron chi connectivity index (χ3n) is 12.3. The molecule has 298 valence electrons. The quantitative estimate of drug-likeness (QED) is 0.153. The normalized spacial score (nSPS) is 12.4. The minimum absolute atomic E-state index is 0.148. The van der Waals surface area contributed by atoms with E-state index in [-0.39, 0.29) is 5.41 Å². The fraction of sp³-hybridized carbons (Fsp3) is 0.0508. The van der Waals surface area contributed by atoms with Gasteiger partial charge in [0.1, 0.15) is 0 Å². The van der Waals surface area contributed by atoms with Gasteiger partial charge in [0.2, 0.25) is 0 Å². The van der Waals surface area contributed by atoms with Crippen molar-refractivity contribution >= 4 is 0 Å². The van der Waals surface area contributed by atoms with Crippen LogP contribution in [0.3, 0.4) is 0 Å². The monoisotopic (exact) mass is 806 g/mol. The van der Waals surface area contributed by atoms with Crippen LogP contribution in [0.1, 0.15) is 25.0 Å². The van der Waals surface area contributed by atoms with Gasteiger partial charge >= 0.3 is 0 Å². The molecule has 11 rings (SSSR count). The van der Waals surface area contributed by atoms with E-state index in [1.54, 1.807) is 0 Å². The lowest BCUT2D eigenvalue weighted by molar-refractivity contribution is 0.660. The molecule has 10 aromatic rings. The fourth-order valence-electron chi connectivity index (χ4n) is 8.98. The molecule has 1 aliphatic rings. The molecule has 2 heterocycles. The summed E-state index contributed by atoms with van der Waals surface area (Å²) in [4.78, 5) is 20.5. The summed E-state index contributed by atoms with van der Waals surface area (Å²) in [5, 5.41) is 0. The molecule has 0 radical (unpaired) electrons. The molecule has 0 bridgehead atoms. The number of fused-ring (bicyclic) bond motifs is 3. The van der Waals surface area contributed by atoms with Gasteiger partial charge < -0.3 is 0 Å². The van der Waals surface area contributed by atoms with Gasteiger partial charge in [0, 0.05) is 38.8 Å². The third kappa shape index (κ3) is 7.22. The molecule has 0 amide bonds. The standard InChI is InChI=1S/C59H42N4/c1-59(2)51-31-29-45(43-25-15-27-47(33-43)57-60-53(39-17-7-3-8-18-39)37-54(61-57)40-19-9-4-10-20-40)35-49(51)50-36-46(30-32-52(50)59)44-26-16-28-48(34-44)58-62-55(41-21-11-5-12-22-41)38-56(63-58)42-23-13-6-14-24-42/h3-38H,1-2H3. The van der Waals surface area contributed by atoms with E-state index in [4.69, 9.17) is 19.9 Å². The molecule has 8 aromatic carbocycles. The first-order valence-corrected chi connectivity index (χ1v) is 21.5. The van der Waals surface area contributed by atoms with Gasteiger partial charge in [-0.15, -0.1) is 0 Å². The van der Waals surface area contributed by atoms with Crippen molar-refractivity contribution in [1.29, 1.82) is 0 Å². The Morgan fingerprint density at radius 1 is 0.254 bits per heavy atom. The van der Waals surface area contributed by atoms with Gasteiger partial charge in [-0.05, 0) is 80.9 Å². The second kappa shape index (κ2) is 15.7. The first-order chi connectivity index (χ1) is 30.9. The molecular weight excluding hydrogens is 765 g/mol. The molecule has 2 aromatic heterocycles. The van der Waals surface area contributed by atoms with Gasteiger partial charge in [-0.2, -0.15) is 0 Å². The number of rotatable bonds is 8. The Morgan fingerprint density at radius 3 is 0.873 bits per heavy atom. The van der Waals surface area contributed by atoms with Crippen molar-refractivity contribution in [2.45, 2.75) is 19.3 Å². The van der Waals surface area contributed by atoms with E-state index >= 15 is 0 Å². The van der Waals surface area contributed by atoms with E-state index in [1.165, 1.54) is 22.3 Å². The molecule has 0 saturated carbocycles. The summed E-state index contributed by atoms with van der Waals surface area (Å²) in [6.07, 6.45) is 0. The zero-order valence-electron chi connectivity index (χ0n) is 35.1. The van der Waals surface area contributed by atoms with E-state index in [2.05, 4.69) is 208 Å². The zero-order chi connectivity index (χ0) is 42.3. The molecule has 0 aliphatic heterocycles. The Kier molecular flexibility index (Phi) is 9.47. The van der Waals surface area contributed by atoms with Gasteiger partial charge in [0.15, 0.2) is 11.6 Å². The van der Waals surface area contributed by atoms with Crippen LogP contribution >= 0.6 is 0 Å². The number of hydrogen-bond acceptors (Lipinski definition) is 4. The number of benzene rings is 8. The van der Waals surface area contributed by atoms with E-state index < -0.39 is 0 Å². The molecule has 4 nitrogen and oxygen atoms in total. The molecular formula is C59H42N4. The van der Waals surface area contributed by atoms with Crippen LogP contribution in [0.4, 0.5) is 0 Å². The SMILES string of the molecule is CC1(C)c2ccc(-c3cccc(-c4nc(-c5ccccc5)cc(-c5ccccc5)n4)c3)cc2-c2cc(-c3cccc(-c4nc(-c5ccccc5)cc(-c5ccccc5)n4)c3)ccc21. The average molecular weight is 807 g/mol. The van der Waals surface area contributed by atoms with Crippen LogP contribution in [-0.4, -0.2) is 19.9 Å². The minimum Gasteiger partial charge on any atom is -0.228 e. The van der Waals surface area contributed by atoms with E-state index in [9.17, 15) is 0 Å². The molecule has 63 heavy (non-hydrogen) atoms. The smallest absolute Gasteiger partial charge is 0.160 e. The molecule has 0 atom stereocenters. The van der Waals surface area contributed by atoms with Crippen molar-refractivity contribution in [1.82, 2.24) is 19.9 Å². The Balaban J connectivity index is 0.965. The average Bonchev–Trinajstić information content (AvgIpc) is 3.59. The second-order valence-corrected chi connectivity index (χ2v) is 16.7. The summed E-state index contributed by atoms with van der Waals surface area (Å²) in [5.74, 6) is 1.40. The Hall–Kier alpha value is -8.08. The second-order valence-electron chi connectivity index (χ2n) is 16.7. The van der Waals surface area contributed by atoms with Crippen molar-refractivity contribution in [2.75, 3.05) is 0 Å². The Morgan fingerprint density at radius 2 is 0.540 bits per heavy atom. The van der Waals surface area contributed by atoms with Crippen molar-refractivity contribution in [2.24, 2.45) is 0 Å². The summed E-state index contributed by atoms with van der Waals surface area (Å²) in [5.41, 5.74) is 19.3. The van der Waals surface area contributed by atoms with Gasteiger partial charge in [0.25, 0.3) is 0 Å². The van der Waals surface area contributed by atoms with E-state index in [0.29, 0.717) is 11.6 Å². The lowest BCUT2D eigenvalue weighted by atomic mass is 9.82.